The maximum atomic E-state index is 13.3. The molecule has 3 aromatic rings. The molecule has 1 fully saturated rings. The van der Waals surface area contributed by atoms with Crippen LogP contribution in [0.1, 0.15) is 52.0 Å². The molecule has 1 aliphatic carbocycles. The van der Waals surface area contributed by atoms with Crippen LogP contribution in [0.25, 0.3) is 11.1 Å². The van der Waals surface area contributed by atoms with E-state index in [1.165, 1.54) is 17.5 Å². The maximum absolute atomic E-state index is 13.3. The molecule has 2 amide bonds. The lowest BCUT2D eigenvalue weighted by Gasteiger charge is -2.35. The summed E-state index contributed by atoms with van der Waals surface area (Å²) < 4.78 is 5.49. The fourth-order valence-corrected chi connectivity index (χ4v) is 5.62. The summed E-state index contributed by atoms with van der Waals surface area (Å²) in [6.07, 6.45) is 3.61. The topological polar surface area (TPSA) is 108 Å². The molecule has 1 aliphatic heterocycles. The highest BCUT2D eigenvalue weighted by molar-refractivity contribution is 7.16. The molecule has 1 N–H and O–H groups in total. The number of carbonyl (C=O) groups is 2. The van der Waals surface area contributed by atoms with E-state index in [0.717, 1.165) is 29.1 Å². The molecule has 3 heterocycles. The van der Waals surface area contributed by atoms with Crippen LogP contribution >= 0.6 is 11.3 Å². The average Bonchev–Trinajstić information content (AvgIpc) is 3.41. The SMILES string of the molecule is COc1ccc(C#N)cc1-c1cc(C)ncc1C(=O)Nc1nc2c(s1)CN(C(=O)[C@@H]1CC[C@H]1C)C2. The zero-order chi connectivity index (χ0) is 24.7. The van der Waals surface area contributed by atoms with Gasteiger partial charge in [-0.3, -0.25) is 19.9 Å². The predicted octanol–water partition coefficient (Wildman–Crippen LogP) is 4.53. The number of thiazole rings is 1. The lowest BCUT2D eigenvalue weighted by atomic mass is 9.74. The van der Waals surface area contributed by atoms with Crippen LogP contribution in [-0.2, 0) is 17.9 Å². The first kappa shape index (κ1) is 23.0. The monoisotopic (exact) mass is 487 g/mol. The van der Waals surface area contributed by atoms with Gasteiger partial charge in [-0.25, -0.2) is 4.98 Å². The van der Waals surface area contributed by atoms with Crippen LogP contribution in [0.15, 0.2) is 30.5 Å². The molecular weight excluding hydrogens is 462 g/mol. The average molecular weight is 488 g/mol. The second-order valence-corrected chi connectivity index (χ2v) is 10.2. The molecule has 0 radical (unpaired) electrons. The summed E-state index contributed by atoms with van der Waals surface area (Å²) in [4.78, 5) is 37.8. The van der Waals surface area contributed by atoms with E-state index in [-0.39, 0.29) is 17.7 Å². The Morgan fingerprint density at radius 1 is 1.23 bits per heavy atom. The highest BCUT2D eigenvalue weighted by Gasteiger charge is 2.38. The first-order chi connectivity index (χ1) is 16.9. The number of nitrogens with one attached hydrogen (secondary N) is 1. The molecule has 178 valence electrons. The number of ether oxygens (including phenoxy) is 1. The molecule has 35 heavy (non-hydrogen) atoms. The van der Waals surface area contributed by atoms with E-state index in [9.17, 15) is 14.9 Å². The molecule has 0 unspecified atom stereocenters. The molecule has 0 spiro atoms. The van der Waals surface area contributed by atoms with Crippen LogP contribution in [0.5, 0.6) is 5.75 Å². The van der Waals surface area contributed by atoms with Gasteiger partial charge in [-0.15, -0.1) is 0 Å². The van der Waals surface area contributed by atoms with Crippen LogP contribution in [0.4, 0.5) is 5.13 Å². The van der Waals surface area contributed by atoms with Crippen LogP contribution < -0.4 is 10.1 Å². The van der Waals surface area contributed by atoms with Crippen LogP contribution in [0.3, 0.4) is 0 Å². The number of aromatic nitrogens is 2. The number of pyridine rings is 1. The number of anilines is 1. The van der Waals surface area contributed by atoms with E-state index in [0.29, 0.717) is 52.1 Å². The quantitative estimate of drug-likeness (QED) is 0.566. The highest BCUT2D eigenvalue weighted by Crippen LogP contribution is 2.39. The Labute approximate surface area is 207 Å². The van der Waals surface area contributed by atoms with E-state index in [4.69, 9.17) is 4.74 Å². The van der Waals surface area contributed by atoms with E-state index >= 15 is 0 Å². The first-order valence-electron chi connectivity index (χ1n) is 11.5. The Hall–Kier alpha value is -3.77. The maximum Gasteiger partial charge on any atom is 0.259 e. The molecule has 1 aromatic carbocycles. The van der Waals surface area contributed by atoms with Crippen molar-refractivity contribution in [2.45, 2.75) is 39.8 Å². The Morgan fingerprint density at radius 2 is 2.06 bits per heavy atom. The van der Waals surface area contributed by atoms with Crippen molar-refractivity contribution in [1.29, 1.82) is 5.26 Å². The Bertz CT molecular complexity index is 1350. The van der Waals surface area contributed by atoms with E-state index in [1.54, 1.807) is 31.4 Å². The summed E-state index contributed by atoms with van der Waals surface area (Å²) in [6, 6.07) is 9.03. The van der Waals surface area contributed by atoms with Gasteiger partial charge in [0, 0.05) is 28.9 Å². The van der Waals surface area contributed by atoms with Crippen LogP contribution in [-0.4, -0.2) is 33.8 Å². The van der Waals surface area contributed by atoms with Gasteiger partial charge in [0.05, 0.1) is 48.0 Å². The van der Waals surface area contributed by atoms with Gasteiger partial charge in [0.15, 0.2) is 5.13 Å². The van der Waals surface area contributed by atoms with Crippen molar-refractivity contribution in [3.05, 3.63) is 57.9 Å². The molecule has 2 aliphatic rings. The van der Waals surface area contributed by atoms with Crippen molar-refractivity contribution >= 4 is 28.3 Å². The minimum Gasteiger partial charge on any atom is -0.496 e. The molecule has 5 rings (SSSR count). The van der Waals surface area contributed by atoms with Crippen molar-refractivity contribution in [3.63, 3.8) is 0 Å². The highest BCUT2D eigenvalue weighted by atomic mass is 32.1. The van der Waals surface area contributed by atoms with Gasteiger partial charge in [-0.05, 0) is 49.9 Å². The molecule has 8 nitrogen and oxygen atoms in total. The molecule has 9 heteroatoms. The van der Waals surface area contributed by atoms with Gasteiger partial charge in [0.25, 0.3) is 5.91 Å². The Balaban J connectivity index is 1.37. The van der Waals surface area contributed by atoms with Gasteiger partial charge < -0.3 is 9.64 Å². The number of benzene rings is 1. The number of aryl methyl sites for hydroxylation is 1. The van der Waals surface area contributed by atoms with Crippen LogP contribution in [0.2, 0.25) is 0 Å². The first-order valence-corrected chi connectivity index (χ1v) is 12.3. The van der Waals surface area contributed by atoms with Gasteiger partial charge in [0.1, 0.15) is 5.75 Å². The third kappa shape index (κ3) is 4.26. The largest absolute Gasteiger partial charge is 0.496 e. The number of hydrogen-bond acceptors (Lipinski definition) is 7. The second kappa shape index (κ2) is 9.12. The summed E-state index contributed by atoms with van der Waals surface area (Å²) in [5.74, 6) is 1.01. The van der Waals surface area contributed by atoms with Crippen molar-refractivity contribution in [2.75, 3.05) is 12.4 Å². The number of amides is 2. The number of carbonyl (C=O) groups excluding carboxylic acids is 2. The second-order valence-electron chi connectivity index (χ2n) is 9.10. The molecule has 1 saturated carbocycles. The van der Waals surface area contributed by atoms with Gasteiger partial charge in [-0.2, -0.15) is 5.26 Å². The normalized spacial score (nSPS) is 18.4. The molecular formula is C26H25N5O3S. The van der Waals surface area contributed by atoms with E-state index < -0.39 is 0 Å². The zero-order valence-electron chi connectivity index (χ0n) is 19.8. The molecule has 2 aromatic heterocycles. The molecule has 0 saturated heterocycles. The summed E-state index contributed by atoms with van der Waals surface area (Å²) in [5, 5.41) is 12.7. The smallest absolute Gasteiger partial charge is 0.259 e. The van der Waals surface area contributed by atoms with Crippen LogP contribution in [0, 0.1) is 30.1 Å². The van der Waals surface area contributed by atoms with Gasteiger partial charge >= 0.3 is 0 Å². The van der Waals surface area contributed by atoms with Crippen molar-refractivity contribution in [2.24, 2.45) is 11.8 Å². The van der Waals surface area contributed by atoms with Gasteiger partial charge in [-0.1, -0.05) is 18.3 Å². The fourth-order valence-electron chi connectivity index (χ4n) is 4.63. The number of nitriles is 1. The summed E-state index contributed by atoms with van der Waals surface area (Å²) in [5.41, 5.74) is 3.67. The number of methoxy groups -OCH3 is 1. The number of nitrogens with zero attached hydrogens (tertiary/aromatic N) is 4. The minimum absolute atomic E-state index is 0.132. The van der Waals surface area contributed by atoms with Crippen molar-refractivity contribution < 1.29 is 14.3 Å². The van der Waals surface area contributed by atoms with E-state index in [2.05, 4.69) is 28.3 Å². The molecule has 0 bridgehead atoms. The Kier molecular flexibility index (Phi) is 5.99. The van der Waals surface area contributed by atoms with Crippen molar-refractivity contribution in [1.82, 2.24) is 14.9 Å². The van der Waals surface area contributed by atoms with Gasteiger partial charge in [0.2, 0.25) is 5.91 Å². The third-order valence-electron chi connectivity index (χ3n) is 6.83. The number of rotatable bonds is 5. The summed E-state index contributed by atoms with van der Waals surface area (Å²) in [7, 11) is 1.55. The zero-order valence-corrected chi connectivity index (χ0v) is 20.6. The van der Waals surface area contributed by atoms with Crippen molar-refractivity contribution in [3.8, 4) is 22.9 Å². The minimum atomic E-state index is -0.347. The lowest BCUT2D eigenvalue weighted by molar-refractivity contribution is -0.141. The fraction of sp³-hybridized carbons (Fsp3) is 0.346. The summed E-state index contributed by atoms with van der Waals surface area (Å²) >= 11 is 1.40. The number of fused-ring (bicyclic) bond motifs is 1. The predicted molar refractivity (Wildman–Crippen MR) is 132 cm³/mol. The molecule has 2 atom stereocenters. The third-order valence-corrected chi connectivity index (χ3v) is 7.82. The standard InChI is InChI=1S/C26H25N5O3S/c1-14-4-6-17(14)25(33)31-12-21-23(13-31)35-26(29-21)30-24(32)20-11-28-15(2)8-18(20)19-9-16(10-27)5-7-22(19)34-3/h5,7-9,11,14,17H,4,6,12-13H2,1-3H3,(H,29,30,32)/t14-,17-/m1/s1. The summed E-state index contributed by atoms with van der Waals surface area (Å²) in [6.45, 7) is 5.00. The number of hydrogen-bond donors (Lipinski definition) is 1. The Morgan fingerprint density at radius 3 is 2.71 bits per heavy atom. The lowest BCUT2D eigenvalue weighted by Crippen LogP contribution is -2.40. The van der Waals surface area contributed by atoms with E-state index in [1.807, 2.05) is 11.8 Å².